The number of hydrogen-bond donors (Lipinski definition) is 0. The number of methoxy groups -OCH3 is 1. The van der Waals surface area contributed by atoms with Gasteiger partial charge >= 0.3 is 11.9 Å². The molecular weight excluding hydrogens is 590 g/mol. The molecule has 0 spiro atoms. The van der Waals surface area contributed by atoms with Crippen LogP contribution < -0.4 is 4.74 Å². The van der Waals surface area contributed by atoms with Gasteiger partial charge in [0.05, 0.1) is 53.4 Å². The minimum Gasteiger partial charge on any atom is -0.497 e. The average molecular weight is 624 g/mol. The normalized spacial score (nSPS) is 10.9. The molecule has 0 aliphatic carbocycles. The summed E-state index contributed by atoms with van der Waals surface area (Å²) in [5.74, 6) is 0.00381. The molecule has 1 aromatic carbocycles. The number of hydrogen-bond acceptors (Lipinski definition) is 11. The van der Waals surface area contributed by atoms with Crippen molar-refractivity contribution in [1.82, 2.24) is 24.8 Å². The largest absolute Gasteiger partial charge is 0.497 e. The minimum atomic E-state index is -0.400. The van der Waals surface area contributed by atoms with Crippen LogP contribution in [-0.4, -0.2) is 57.1 Å². The first-order valence-electron chi connectivity index (χ1n) is 14.5. The number of aromatic nitrogens is 4. The maximum Gasteiger partial charge on any atom is 0.338 e. The number of thiazole rings is 1. The zero-order chi connectivity index (χ0) is 31.6. The minimum absolute atomic E-state index is 0.286. The molecule has 0 aliphatic heterocycles. The number of rotatable bonds is 13. The van der Waals surface area contributed by atoms with Crippen LogP contribution in [0.1, 0.15) is 51.6 Å². The second kappa shape index (κ2) is 15.1. The van der Waals surface area contributed by atoms with Crippen LogP contribution in [0.25, 0.3) is 21.0 Å². The highest BCUT2D eigenvalue weighted by atomic mass is 32.1. The van der Waals surface area contributed by atoms with Gasteiger partial charge in [0, 0.05) is 50.0 Å². The zero-order valence-electron chi connectivity index (χ0n) is 25.3. The van der Waals surface area contributed by atoms with Crippen molar-refractivity contribution in [3.8, 4) is 26.8 Å². The van der Waals surface area contributed by atoms with Crippen molar-refractivity contribution in [2.45, 2.75) is 33.5 Å². The molecule has 0 unspecified atom stereocenters. The lowest BCUT2D eigenvalue weighted by molar-refractivity contribution is 0.0516. The van der Waals surface area contributed by atoms with Crippen molar-refractivity contribution in [1.29, 1.82) is 0 Å². The fraction of sp³-hybridized carbons (Fsp3) is 0.235. The Bertz CT molecular complexity index is 1690. The van der Waals surface area contributed by atoms with Gasteiger partial charge in [-0.05, 0) is 80.1 Å². The van der Waals surface area contributed by atoms with Crippen LogP contribution in [0.3, 0.4) is 0 Å². The Morgan fingerprint density at radius 2 is 1.22 bits per heavy atom. The highest BCUT2D eigenvalue weighted by Gasteiger charge is 2.16. The first-order valence-corrected chi connectivity index (χ1v) is 15.3. The van der Waals surface area contributed by atoms with Crippen LogP contribution in [0.15, 0.2) is 85.5 Å². The standard InChI is InChI=1S/C34H33N5O5S/c1-4-43-33(40)25-11-14-36-28(17-25)21-39(22-29-18-26(12-15-37-29)34(41)44-5-2)20-27-16-24(10-13-35-27)32-38-19-31(45-32)23-6-8-30(42-3)9-7-23/h6-19H,4-5,20-22H2,1-3H3. The van der Waals surface area contributed by atoms with Crippen LogP contribution in [0, 0.1) is 0 Å². The van der Waals surface area contributed by atoms with E-state index in [1.165, 1.54) is 0 Å². The zero-order valence-corrected chi connectivity index (χ0v) is 26.1. The van der Waals surface area contributed by atoms with Crippen LogP contribution in [0.5, 0.6) is 5.75 Å². The van der Waals surface area contributed by atoms with Crippen LogP contribution in [-0.2, 0) is 29.1 Å². The Morgan fingerprint density at radius 3 is 1.76 bits per heavy atom. The van der Waals surface area contributed by atoms with Crippen molar-refractivity contribution < 1.29 is 23.8 Å². The molecule has 0 bridgehead atoms. The van der Waals surface area contributed by atoms with Crippen LogP contribution in [0.2, 0.25) is 0 Å². The van der Waals surface area contributed by atoms with Gasteiger partial charge in [-0.1, -0.05) is 0 Å². The van der Waals surface area contributed by atoms with Gasteiger partial charge in [-0.25, -0.2) is 14.6 Å². The molecule has 5 aromatic rings. The van der Waals surface area contributed by atoms with Crippen molar-refractivity contribution in [2.24, 2.45) is 0 Å². The third kappa shape index (κ3) is 8.34. The van der Waals surface area contributed by atoms with Gasteiger partial charge < -0.3 is 14.2 Å². The molecule has 11 heteroatoms. The van der Waals surface area contributed by atoms with E-state index in [0.717, 1.165) is 32.5 Å². The van der Waals surface area contributed by atoms with Gasteiger partial charge in [0.1, 0.15) is 10.8 Å². The number of ether oxygens (including phenoxy) is 3. The molecule has 4 heterocycles. The summed E-state index contributed by atoms with van der Waals surface area (Å²) in [5, 5.41) is 0.878. The Hall–Kier alpha value is -5.00. The van der Waals surface area contributed by atoms with Crippen molar-refractivity contribution in [3.63, 3.8) is 0 Å². The van der Waals surface area contributed by atoms with E-state index in [-0.39, 0.29) is 13.2 Å². The van der Waals surface area contributed by atoms with Gasteiger partial charge in [0.15, 0.2) is 0 Å². The molecule has 45 heavy (non-hydrogen) atoms. The first kappa shape index (κ1) is 31.4. The molecule has 230 valence electrons. The Morgan fingerprint density at radius 1 is 0.689 bits per heavy atom. The summed E-state index contributed by atoms with van der Waals surface area (Å²) in [6.45, 7) is 5.34. The lowest BCUT2D eigenvalue weighted by Crippen LogP contribution is -2.24. The topological polar surface area (TPSA) is 117 Å². The van der Waals surface area contributed by atoms with E-state index in [0.29, 0.717) is 42.1 Å². The van der Waals surface area contributed by atoms with E-state index in [9.17, 15) is 9.59 Å². The molecular formula is C34H33N5O5S. The van der Waals surface area contributed by atoms with Gasteiger partial charge in [-0.2, -0.15) is 0 Å². The number of carbonyl (C=O) groups is 2. The molecule has 0 fully saturated rings. The molecule has 0 saturated carbocycles. The summed E-state index contributed by atoms with van der Waals surface area (Å²) in [6, 6.07) is 18.6. The molecule has 0 aliphatic rings. The summed E-state index contributed by atoms with van der Waals surface area (Å²) in [6.07, 6.45) is 6.84. The van der Waals surface area contributed by atoms with E-state index >= 15 is 0 Å². The SMILES string of the molecule is CCOC(=O)c1ccnc(CN(Cc2cc(C(=O)OCC)ccn2)Cc2cc(-c3ncc(-c4ccc(OC)cc4)s3)ccn2)c1. The predicted molar refractivity (Wildman–Crippen MR) is 171 cm³/mol. The quantitative estimate of drug-likeness (QED) is 0.140. The summed E-state index contributed by atoms with van der Waals surface area (Å²) < 4.78 is 15.6. The van der Waals surface area contributed by atoms with Gasteiger partial charge in [0.25, 0.3) is 0 Å². The fourth-order valence-electron chi connectivity index (χ4n) is 4.66. The molecule has 0 amide bonds. The van der Waals surface area contributed by atoms with Crippen LogP contribution in [0.4, 0.5) is 0 Å². The first-order chi connectivity index (χ1) is 21.9. The molecule has 0 atom stereocenters. The van der Waals surface area contributed by atoms with Gasteiger partial charge in [-0.15, -0.1) is 11.3 Å². The van der Waals surface area contributed by atoms with Crippen LogP contribution >= 0.6 is 11.3 Å². The van der Waals surface area contributed by atoms with E-state index in [2.05, 4.69) is 24.8 Å². The number of carbonyl (C=O) groups excluding carboxylic acids is 2. The summed E-state index contributed by atoms with van der Waals surface area (Å²) in [7, 11) is 1.65. The smallest absolute Gasteiger partial charge is 0.338 e. The second-order valence-electron chi connectivity index (χ2n) is 9.95. The highest BCUT2D eigenvalue weighted by molar-refractivity contribution is 7.18. The third-order valence-electron chi connectivity index (χ3n) is 6.76. The predicted octanol–water partition coefficient (Wildman–Crippen LogP) is 6.23. The lowest BCUT2D eigenvalue weighted by atomic mass is 10.2. The maximum absolute atomic E-state index is 12.4. The molecule has 4 aromatic heterocycles. The Labute approximate surface area is 265 Å². The van der Waals surface area contributed by atoms with Gasteiger partial charge in [-0.3, -0.25) is 19.9 Å². The maximum atomic E-state index is 12.4. The van der Waals surface area contributed by atoms with Crippen molar-refractivity contribution >= 4 is 23.3 Å². The monoisotopic (exact) mass is 623 g/mol. The third-order valence-corrected chi connectivity index (χ3v) is 7.85. The second-order valence-corrected chi connectivity index (χ2v) is 11.0. The fourth-order valence-corrected chi connectivity index (χ4v) is 5.58. The van der Waals surface area contributed by atoms with E-state index in [4.69, 9.17) is 14.2 Å². The summed E-state index contributed by atoms with van der Waals surface area (Å²) in [5.41, 5.74) is 5.06. The average Bonchev–Trinajstić information content (AvgIpc) is 3.56. The summed E-state index contributed by atoms with van der Waals surface area (Å²) >= 11 is 1.60. The molecule has 10 nitrogen and oxygen atoms in total. The molecule has 0 N–H and O–H groups in total. The Kier molecular flexibility index (Phi) is 10.6. The summed E-state index contributed by atoms with van der Waals surface area (Å²) in [4.78, 5) is 46.2. The molecule has 5 rings (SSSR count). The van der Waals surface area contributed by atoms with Gasteiger partial charge in [0.2, 0.25) is 0 Å². The van der Waals surface area contributed by atoms with Crippen molar-refractivity contribution in [3.05, 3.63) is 114 Å². The highest BCUT2D eigenvalue weighted by Crippen LogP contribution is 2.33. The Balaban J connectivity index is 1.40. The molecule has 0 saturated heterocycles. The molecule has 0 radical (unpaired) electrons. The van der Waals surface area contributed by atoms with E-state index in [1.807, 2.05) is 42.6 Å². The number of benzene rings is 1. The van der Waals surface area contributed by atoms with E-state index < -0.39 is 11.9 Å². The van der Waals surface area contributed by atoms with E-state index in [1.54, 1.807) is 75.2 Å². The number of esters is 2. The number of pyridine rings is 3. The lowest BCUT2D eigenvalue weighted by Gasteiger charge is -2.22. The van der Waals surface area contributed by atoms with Crippen molar-refractivity contribution in [2.75, 3.05) is 20.3 Å². The number of nitrogens with zero attached hydrogens (tertiary/aromatic N) is 5.